The Labute approximate surface area is 289 Å². The van der Waals surface area contributed by atoms with Crippen molar-refractivity contribution in [3.05, 3.63) is 47.1 Å². The van der Waals surface area contributed by atoms with Crippen LogP contribution in [0, 0.1) is 17.8 Å². The van der Waals surface area contributed by atoms with Crippen LogP contribution in [0.1, 0.15) is 58.4 Å². The standard InChI is InChI=1S/C33H40ClF2N5O7S/c1-32(2,3)48-31(45)37-19-21-16-29(42)41(20-21)25-8-10-26(11-9-25)49(46,47)40-14-12-39(13-15-40)28-18-24(17-27(34)38-28)33(35,36)23-6-4-22(5-7-23)30(43)44/h8-11,17-19,21-23H,4-7,12-16,20H2,1-3H3,(H,43,44). The van der Waals surface area contributed by atoms with Gasteiger partial charge >= 0.3 is 12.1 Å². The molecule has 3 heterocycles. The SMILES string of the molecule is CC(C)(C)OC(=O)N=CC1CC(=O)N(c2ccc(S(=O)(=O)N3CCN(c4cc(C(F)(F)C5CCC(C(=O)O)CC5)cc(Cl)n4)CC3)cc2)C1. The lowest BCUT2D eigenvalue weighted by Gasteiger charge is -2.36. The smallest absolute Gasteiger partial charge is 0.433 e. The van der Waals surface area contributed by atoms with Crippen molar-refractivity contribution < 1.29 is 41.4 Å². The molecule has 1 aromatic carbocycles. The monoisotopic (exact) mass is 723 g/mol. The molecule has 266 valence electrons. The van der Waals surface area contributed by atoms with Crippen LogP contribution >= 0.6 is 11.6 Å². The van der Waals surface area contributed by atoms with Gasteiger partial charge < -0.3 is 19.6 Å². The zero-order chi connectivity index (χ0) is 35.7. The largest absolute Gasteiger partial charge is 0.481 e. The van der Waals surface area contributed by atoms with Gasteiger partial charge in [-0.25, -0.2) is 27.0 Å². The fraction of sp³-hybridized carbons (Fsp3) is 0.545. The zero-order valence-electron chi connectivity index (χ0n) is 27.5. The van der Waals surface area contributed by atoms with Crippen molar-refractivity contribution in [1.29, 1.82) is 0 Å². The summed E-state index contributed by atoms with van der Waals surface area (Å²) in [5, 5.41) is 9.12. The Morgan fingerprint density at radius 3 is 2.27 bits per heavy atom. The van der Waals surface area contributed by atoms with Crippen LogP contribution in [0.4, 0.5) is 25.1 Å². The summed E-state index contributed by atoms with van der Waals surface area (Å²) in [6.45, 7) is 5.99. The summed E-state index contributed by atoms with van der Waals surface area (Å²) in [4.78, 5) is 47.2. The molecule has 1 unspecified atom stereocenters. The molecule has 2 saturated heterocycles. The van der Waals surface area contributed by atoms with E-state index in [1.54, 1.807) is 37.8 Å². The first-order valence-corrected chi connectivity index (χ1v) is 18.0. The molecule has 2 aromatic rings. The molecule has 1 atom stereocenters. The molecule has 1 N–H and O–H groups in total. The van der Waals surface area contributed by atoms with E-state index in [-0.39, 0.29) is 98.1 Å². The van der Waals surface area contributed by atoms with E-state index < -0.39 is 45.4 Å². The number of aliphatic carboxylic acids is 1. The van der Waals surface area contributed by atoms with Crippen LogP contribution in [0.15, 0.2) is 46.3 Å². The second-order valence-electron chi connectivity index (χ2n) is 13.7. The van der Waals surface area contributed by atoms with Crippen molar-refractivity contribution in [2.45, 2.75) is 69.3 Å². The van der Waals surface area contributed by atoms with Crippen LogP contribution in [0.2, 0.25) is 5.15 Å². The molecule has 12 nitrogen and oxygen atoms in total. The maximum Gasteiger partial charge on any atom is 0.433 e. The number of alkyl halides is 2. The van der Waals surface area contributed by atoms with Gasteiger partial charge in [0.25, 0.3) is 5.92 Å². The summed E-state index contributed by atoms with van der Waals surface area (Å²) in [6.07, 6.45) is 1.34. The molecule has 3 fully saturated rings. The Morgan fingerprint density at radius 1 is 1.04 bits per heavy atom. The number of halogens is 3. The summed E-state index contributed by atoms with van der Waals surface area (Å²) in [7, 11) is -3.91. The number of hydrogen-bond donors (Lipinski definition) is 1. The molecule has 1 aliphatic carbocycles. The van der Waals surface area contributed by atoms with Crippen LogP contribution in [0.25, 0.3) is 0 Å². The van der Waals surface area contributed by atoms with E-state index in [9.17, 15) is 27.9 Å². The number of carbonyl (C=O) groups is 3. The molecule has 0 bridgehead atoms. The van der Waals surface area contributed by atoms with Crippen molar-refractivity contribution >= 4 is 57.3 Å². The lowest BCUT2D eigenvalue weighted by atomic mass is 9.77. The molecule has 1 saturated carbocycles. The average molecular weight is 724 g/mol. The number of piperazine rings is 1. The number of sulfonamides is 1. The Balaban J connectivity index is 1.19. The van der Waals surface area contributed by atoms with E-state index in [1.807, 2.05) is 0 Å². The van der Waals surface area contributed by atoms with Gasteiger partial charge in [0.15, 0.2) is 0 Å². The number of aliphatic imine (C=N–C) groups is 1. The van der Waals surface area contributed by atoms with E-state index >= 15 is 8.78 Å². The molecule has 16 heteroatoms. The fourth-order valence-corrected chi connectivity index (χ4v) is 8.05. The highest BCUT2D eigenvalue weighted by Crippen LogP contribution is 2.46. The first kappa shape index (κ1) is 36.6. The predicted octanol–water partition coefficient (Wildman–Crippen LogP) is 5.59. The highest BCUT2D eigenvalue weighted by Gasteiger charge is 2.44. The number of rotatable bonds is 8. The topological polar surface area (TPSA) is 150 Å². The van der Waals surface area contributed by atoms with Crippen molar-refractivity contribution in [3.63, 3.8) is 0 Å². The minimum atomic E-state index is -3.91. The number of aromatic nitrogens is 1. The van der Waals surface area contributed by atoms with E-state index in [1.165, 1.54) is 33.6 Å². The van der Waals surface area contributed by atoms with E-state index in [0.717, 1.165) is 6.07 Å². The summed E-state index contributed by atoms with van der Waals surface area (Å²) < 4.78 is 64.7. The fourth-order valence-electron chi connectivity index (χ4n) is 6.42. The van der Waals surface area contributed by atoms with Crippen LogP contribution in [-0.4, -0.2) is 85.3 Å². The first-order chi connectivity index (χ1) is 22.9. The lowest BCUT2D eigenvalue weighted by Crippen LogP contribution is -2.49. The molecule has 0 spiro atoms. The van der Waals surface area contributed by atoms with Gasteiger partial charge in [0, 0.05) is 68.4 Å². The molecule has 49 heavy (non-hydrogen) atoms. The maximum atomic E-state index is 15.6. The maximum absolute atomic E-state index is 15.6. The van der Waals surface area contributed by atoms with Gasteiger partial charge in [-0.15, -0.1) is 0 Å². The van der Waals surface area contributed by atoms with Gasteiger partial charge in [-0.3, -0.25) is 9.59 Å². The number of anilines is 2. The second kappa shape index (κ2) is 14.3. The predicted molar refractivity (Wildman–Crippen MR) is 179 cm³/mol. The molecule has 0 radical (unpaired) electrons. The molecular weight excluding hydrogens is 684 g/mol. The number of carboxylic acid groups (broad SMARTS) is 1. The van der Waals surface area contributed by atoms with Crippen molar-refractivity contribution in [3.8, 4) is 0 Å². The normalized spacial score (nSPS) is 22.9. The number of carbonyl (C=O) groups excluding carboxylic acids is 2. The Kier molecular flexibility index (Phi) is 10.7. The molecule has 5 rings (SSSR count). The molecular formula is C33H40ClF2N5O7S. The van der Waals surface area contributed by atoms with Crippen LogP contribution in [0.5, 0.6) is 0 Å². The minimum Gasteiger partial charge on any atom is -0.481 e. The quantitative estimate of drug-likeness (QED) is 0.272. The second-order valence-corrected chi connectivity index (χ2v) is 16.0. The lowest BCUT2D eigenvalue weighted by molar-refractivity contribution is -0.145. The van der Waals surface area contributed by atoms with Crippen molar-refractivity contribution in [2.75, 3.05) is 42.5 Å². The van der Waals surface area contributed by atoms with Gasteiger partial charge in [-0.1, -0.05) is 11.6 Å². The van der Waals surface area contributed by atoms with Crippen molar-refractivity contribution in [1.82, 2.24) is 9.29 Å². The van der Waals surface area contributed by atoms with Gasteiger partial charge in [-0.05, 0) is 82.9 Å². The Bertz CT molecular complexity index is 1700. The van der Waals surface area contributed by atoms with E-state index in [0.29, 0.717) is 5.69 Å². The summed E-state index contributed by atoms with van der Waals surface area (Å²) in [5.41, 5.74) is -0.474. The van der Waals surface area contributed by atoms with Crippen LogP contribution < -0.4 is 9.80 Å². The number of amides is 2. The molecule has 2 amide bonds. The van der Waals surface area contributed by atoms with Gasteiger partial charge in [0.2, 0.25) is 15.9 Å². The first-order valence-electron chi connectivity index (χ1n) is 16.2. The minimum absolute atomic E-state index is 0.0415. The third kappa shape index (κ3) is 8.55. The number of hydrogen-bond acceptors (Lipinski definition) is 8. The van der Waals surface area contributed by atoms with E-state index in [2.05, 4.69) is 9.98 Å². The summed E-state index contributed by atoms with van der Waals surface area (Å²) >= 11 is 6.18. The average Bonchev–Trinajstić information content (AvgIpc) is 3.43. The van der Waals surface area contributed by atoms with Gasteiger partial charge in [-0.2, -0.15) is 9.30 Å². The summed E-state index contributed by atoms with van der Waals surface area (Å²) in [6, 6.07) is 8.39. The Morgan fingerprint density at radius 2 is 1.67 bits per heavy atom. The number of carboxylic acids is 1. The van der Waals surface area contributed by atoms with E-state index in [4.69, 9.17) is 16.3 Å². The highest BCUT2D eigenvalue weighted by molar-refractivity contribution is 7.89. The number of pyridine rings is 1. The van der Waals surface area contributed by atoms with Crippen molar-refractivity contribution in [2.24, 2.45) is 22.7 Å². The van der Waals surface area contributed by atoms with Gasteiger partial charge in [0.05, 0.1) is 10.8 Å². The molecule has 3 aliphatic rings. The number of nitrogens with zero attached hydrogens (tertiary/aromatic N) is 5. The number of ether oxygens (including phenoxy) is 1. The Hall–Kier alpha value is -3.69. The number of benzene rings is 1. The third-order valence-corrected chi connectivity index (χ3v) is 11.1. The third-order valence-electron chi connectivity index (χ3n) is 9.04. The van der Waals surface area contributed by atoms with Crippen LogP contribution in [0.3, 0.4) is 0 Å². The highest BCUT2D eigenvalue weighted by atomic mass is 35.5. The summed E-state index contributed by atoms with van der Waals surface area (Å²) in [5.74, 6) is -6.13. The molecule has 2 aliphatic heterocycles. The zero-order valence-corrected chi connectivity index (χ0v) is 29.1. The van der Waals surface area contributed by atoms with Crippen LogP contribution in [-0.2, 0) is 30.3 Å². The van der Waals surface area contributed by atoms with Gasteiger partial charge in [0.1, 0.15) is 16.6 Å². The molecule has 1 aromatic heterocycles.